The van der Waals surface area contributed by atoms with Gasteiger partial charge in [0.2, 0.25) is 0 Å². The maximum atomic E-state index is 9.80. The molecule has 1 atom stereocenters. The van der Waals surface area contributed by atoms with Crippen molar-refractivity contribution in [3.8, 4) is 0 Å². The van der Waals surface area contributed by atoms with Gasteiger partial charge in [-0.25, -0.2) is 0 Å². The van der Waals surface area contributed by atoms with Gasteiger partial charge in [0.25, 0.3) is 6.47 Å². The molecule has 0 radical (unpaired) electrons. The summed E-state index contributed by atoms with van der Waals surface area (Å²) >= 11 is 0. The Hall–Kier alpha value is -0.510. The minimum atomic E-state index is -2.36. The summed E-state index contributed by atoms with van der Waals surface area (Å²) in [6.45, 7) is 5.57. The summed E-state index contributed by atoms with van der Waals surface area (Å²) < 4.78 is 18.6. The van der Waals surface area contributed by atoms with Gasteiger partial charge in [0.1, 0.15) is 6.61 Å². The zero-order valence-corrected chi connectivity index (χ0v) is 10.9. The van der Waals surface area contributed by atoms with E-state index in [4.69, 9.17) is 4.89 Å². The van der Waals surface area contributed by atoms with Crippen LogP contribution in [0.2, 0.25) is 0 Å². The number of unbranched alkanes of at least 4 members (excludes halogenated alkanes) is 3. The average molecular weight is 253 g/mol. The predicted molar refractivity (Wildman–Crippen MR) is 62.2 cm³/mol. The summed E-state index contributed by atoms with van der Waals surface area (Å²) in [4.78, 5) is 17.6. The highest BCUT2D eigenvalue weighted by molar-refractivity contribution is 7.32. The summed E-state index contributed by atoms with van der Waals surface area (Å²) in [7, 11) is -2.36. The van der Waals surface area contributed by atoms with Crippen molar-refractivity contribution in [1.29, 1.82) is 0 Å². The van der Waals surface area contributed by atoms with Gasteiger partial charge in [0.05, 0.1) is 6.61 Å². The molecule has 0 spiro atoms. The van der Waals surface area contributed by atoms with E-state index >= 15 is 0 Å². The summed E-state index contributed by atoms with van der Waals surface area (Å²) in [6.07, 6.45) is 5.15. The van der Waals surface area contributed by atoms with Crippen LogP contribution in [-0.2, 0) is 18.6 Å². The van der Waals surface area contributed by atoms with Gasteiger partial charge in [-0.2, -0.15) is 0 Å². The standard InChI is InChI=1S/C6H12O2.C4H9O3P/c1-2-3-4-5-8-6-7;1-2-3-4-7-8(5)6/h6H,2-5H2,1H3;2-4H2,1H3/p+1. The van der Waals surface area contributed by atoms with Crippen LogP contribution in [0.3, 0.4) is 0 Å². The van der Waals surface area contributed by atoms with Gasteiger partial charge in [-0.3, -0.25) is 4.79 Å². The van der Waals surface area contributed by atoms with E-state index in [2.05, 4.69) is 16.2 Å². The number of hydrogen-bond donors (Lipinski definition) is 1. The van der Waals surface area contributed by atoms with Crippen molar-refractivity contribution in [3.05, 3.63) is 0 Å². The Balaban J connectivity index is 0. The van der Waals surface area contributed by atoms with Crippen molar-refractivity contribution in [1.82, 2.24) is 0 Å². The van der Waals surface area contributed by atoms with Gasteiger partial charge in [0, 0.05) is 4.57 Å². The summed E-state index contributed by atoms with van der Waals surface area (Å²) in [5.41, 5.74) is 0. The molecule has 0 rings (SSSR count). The Morgan fingerprint density at radius 3 is 2.19 bits per heavy atom. The van der Waals surface area contributed by atoms with Crippen LogP contribution in [0, 0.1) is 0 Å². The van der Waals surface area contributed by atoms with Crippen LogP contribution in [-0.4, -0.2) is 24.6 Å². The molecule has 6 heteroatoms. The van der Waals surface area contributed by atoms with Crippen LogP contribution in [0.1, 0.15) is 46.0 Å². The molecular weight excluding hydrogens is 231 g/mol. The second kappa shape index (κ2) is 16.9. The number of rotatable bonds is 9. The van der Waals surface area contributed by atoms with Gasteiger partial charge in [-0.15, -0.1) is 9.42 Å². The molecule has 0 saturated heterocycles. The quantitative estimate of drug-likeness (QED) is 0.388. The molecule has 0 aliphatic carbocycles. The minimum absolute atomic E-state index is 0.391. The van der Waals surface area contributed by atoms with Crippen LogP contribution in [0.25, 0.3) is 0 Å². The van der Waals surface area contributed by atoms with Crippen LogP contribution in [0.5, 0.6) is 0 Å². The predicted octanol–water partition coefficient (Wildman–Crippen LogP) is 2.80. The van der Waals surface area contributed by atoms with Gasteiger partial charge < -0.3 is 4.74 Å². The first-order valence-corrected chi connectivity index (χ1v) is 6.66. The van der Waals surface area contributed by atoms with Gasteiger partial charge in [-0.1, -0.05) is 33.1 Å². The lowest BCUT2D eigenvalue weighted by atomic mass is 10.3. The highest BCUT2D eigenvalue weighted by Crippen LogP contribution is 2.14. The van der Waals surface area contributed by atoms with E-state index in [0.29, 0.717) is 19.7 Å². The molecule has 96 valence electrons. The largest absolute Gasteiger partial charge is 0.694 e. The Labute approximate surface area is 98.1 Å². The first-order valence-electron chi connectivity index (χ1n) is 5.53. The van der Waals surface area contributed by atoms with Crippen molar-refractivity contribution in [2.24, 2.45) is 0 Å². The van der Waals surface area contributed by atoms with Gasteiger partial charge >= 0.3 is 8.25 Å². The van der Waals surface area contributed by atoms with Crippen molar-refractivity contribution >= 4 is 14.7 Å². The maximum Gasteiger partial charge on any atom is 0.694 e. The molecule has 0 heterocycles. The highest BCUT2D eigenvalue weighted by atomic mass is 31.1. The maximum absolute atomic E-state index is 9.80. The van der Waals surface area contributed by atoms with Crippen molar-refractivity contribution in [2.75, 3.05) is 13.2 Å². The van der Waals surface area contributed by atoms with Crippen LogP contribution in [0.4, 0.5) is 0 Å². The topological polar surface area (TPSA) is 72.8 Å². The lowest BCUT2D eigenvalue weighted by molar-refractivity contribution is -0.128. The molecule has 0 aliphatic heterocycles. The second-order valence-electron chi connectivity index (χ2n) is 3.10. The minimum Gasteiger partial charge on any atom is -0.468 e. The fourth-order valence-electron chi connectivity index (χ4n) is 0.770. The molecule has 1 N–H and O–H groups in total. The summed E-state index contributed by atoms with van der Waals surface area (Å²) in [5.74, 6) is 0. The number of carbonyl (C=O) groups excluding carboxylic acids is 1. The van der Waals surface area contributed by atoms with Gasteiger partial charge in [0.15, 0.2) is 0 Å². The zero-order chi connectivity index (χ0) is 12.6. The number of ether oxygens (including phenoxy) is 1. The second-order valence-corrected chi connectivity index (χ2v) is 3.83. The molecule has 0 fully saturated rings. The zero-order valence-electron chi connectivity index (χ0n) is 10.1. The molecule has 0 bridgehead atoms. The monoisotopic (exact) mass is 253 g/mol. The molecule has 1 unspecified atom stereocenters. The molecule has 0 aromatic carbocycles. The van der Waals surface area contributed by atoms with E-state index in [9.17, 15) is 9.36 Å². The van der Waals surface area contributed by atoms with E-state index in [-0.39, 0.29) is 0 Å². The normalized spacial score (nSPS) is 10.1. The van der Waals surface area contributed by atoms with Crippen molar-refractivity contribution in [3.63, 3.8) is 0 Å². The van der Waals surface area contributed by atoms with Crippen LogP contribution < -0.4 is 0 Å². The summed E-state index contributed by atoms with van der Waals surface area (Å²) in [6, 6.07) is 0. The Kier molecular flexibility index (Phi) is 18.9. The Bertz CT molecular complexity index is 163. The third-order valence-electron chi connectivity index (χ3n) is 1.63. The molecule has 16 heavy (non-hydrogen) atoms. The van der Waals surface area contributed by atoms with E-state index in [1.807, 2.05) is 6.92 Å². The third kappa shape index (κ3) is 23.4. The molecule has 0 amide bonds. The van der Waals surface area contributed by atoms with E-state index in [1.54, 1.807) is 0 Å². The molecule has 0 aliphatic rings. The molecule has 5 nitrogen and oxygen atoms in total. The van der Waals surface area contributed by atoms with Crippen molar-refractivity contribution < 1.29 is 23.5 Å². The fraction of sp³-hybridized carbons (Fsp3) is 0.900. The number of hydrogen-bond acceptors (Lipinski definition) is 4. The molecular formula is C10H22O5P+. The molecule has 0 aromatic heterocycles. The first-order chi connectivity index (χ1) is 7.68. The Morgan fingerprint density at radius 2 is 1.75 bits per heavy atom. The van der Waals surface area contributed by atoms with Gasteiger partial charge in [-0.05, 0) is 12.8 Å². The van der Waals surface area contributed by atoms with E-state index in [1.165, 1.54) is 6.42 Å². The van der Waals surface area contributed by atoms with Crippen LogP contribution in [0.15, 0.2) is 0 Å². The smallest absolute Gasteiger partial charge is 0.468 e. The first kappa shape index (κ1) is 17.9. The molecule has 0 saturated carbocycles. The van der Waals surface area contributed by atoms with Crippen molar-refractivity contribution in [2.45, 2.75) is 46.0 Å². The van der Waals surface area contributed by atoms with E-state index in [0.717, 1.165) is 25.7 Å². The lowest BCUT2D eigenvalue weighted by Gasteiger charge is -1.93. The highest BCUT2D eigenvalue weighted by Gasteiger charge is 2.08. The average Bonchev–Trinajstić information content (AvgIpc) is 2.25. The summed E-state index contributed by atoms with van der Waals surface area (Å²) in [5, 5.41) is 0. The fourth-order valence-corrected chi connectivity index (χ4v) is 1.06. The Morgan fingerprint density at radius 1 is 1.12 bits per heavy atom. The SMILES string of the molecule is CCCCCOC=O.CCCCO[P+](=O)O. The van der Waals surface area contributed by atoms with E-state index < -0.39 is 8.25 Å². The number of carbonyl (C=O) groups is 1. The molecule has 0 aromatic rings. The lowest BCUT2D eigenvalue weighted by Crippen LogP contribution is -1.89. The van der Waals surface area contributed by atoms with Crippen LogP contribution >= 0.6 is 8.25 Å². The third-order valence-corrected chi connectivity index (χ3v) is 2.04.